The predicted molar refractivity (Wildman–Crippen MR) is 59.7 cm³/mol. The Hall–Kier alpha value is 0.0584. The number of benzene rings is 1. The van der Waals surface area contributed by atoms with Crippen LogP contribution in [0.15, 0.2) is 18.2 Å². The van der Waals surface area contributed by atoms with Gasteiger partial charge < -0.3 is 0 Å². The Morgan fingerprint density at radius 3 is 2.44 bits per heavy atom. The summed E-state index contributed by atoms with van der Waals surface area (Å²) in [6.07, 6.45) is 0. The molecular weight excluding hydrogens is 288 g/mol. The first-order valence-corrected chi connectivity index (χ1v) is 7.52. The molecule has 0 fully saturated rings. The molecule has 1 radical (unpaired) electrons. The summed E-state index contributed by atoms with van der Waals surface area (Å²) in [5.74, 6) is 0.303. The molecule has 0 spiro atoms. The van der Waals surface area contributed by atoms with Crippen LogP contribution in [0, 0.1) is 0 Å². The molecule has 0 bridgehead atoms. The molecule has 0 aliphatic rings. The molecular formula is C8H12AsNNaO5. The summed E-state index contributed by atoms with van der Waals surface area (Å²) in [6, 6.07) is 3.83. The minimum absolute atomic E-state index is 0. The second kappa shape index (κ2) is 6.71. The molecule has 0 saturated heterocycles. The maximum atomic E-state index is 10.9. The van der Waals surface area contributed by atoms with E-state index in [0.29, 0.717) is 5.75 Å². The van der Waals surface area contributed by atoms with E-state index in [9.17, 15) is 3.74 Å². The number of hydrogen-bond acceptors (Lipinski definition) is 4. The average Bonchev–Trinajstić information content (AvgIpc) is 2.14. The summed E-state index contributed by atoms with van der Waals surface area (Å²) in [5.41, 5.74) is 5.66. The van der Waals surface area contributed by atoms with Crippen molar-refractivity contribution in [1.29, 1.82) is 0 Å². The molecule has 16 heavy (non-hydrogen) atoms. The number of anilines is 1. The quantitative estimate of drug-likeness (QED) is 0.371. The van der Waals surface area contributed by atoms with Crippen molar-refractivity contribution in [1.82, 2.24) is 0 Å². The van der Waals surface area contributed by atoms with Crippen molar-refractivity contribution in [3.63, 3.8) is 0 Å². The first-order chi connectivity index (χ1) is 6.95. The molecule has 0 aromatic heterocycles. The molecule has 1 aromatic rings. The number of ether oxygens (including phenoxy) is 1. The Morgan fingerprint density at radius 1 is 1.38 bits per heavy atom. The van der Waals surface area contributed by atoms with Gasteiger partial charge in [0.15, 0.2) is 0 Å². The van der Waals surface area contributed by atoms with Crippen LogP contribution >= 0.6 is 0 Å². The van der Waals surface area contributed by atoms with E-state index in [4.69, 9.17) is 23.8 Å². The zero-order chi connectivity index (χ0) is 11.5. The zero-order valence-corrected chi connectivity index (χ0v) is 12.7. The van der Waals surface area contributed by atoms with Gasteiger partial charge in [0.1, 0.15) is 0 Å². The number of nitrogen functional groups attached to an aromatic ring is 1. The van der Waals surface area contributed by atoms with Crippen molar-refractivity contribution >= 4 is 53.8 Å². The minimum Gasteiger partial charge on any atom is 0 e. The van der Waals surface area contributed by atoms with Gasteiger partial charge in [-0.15, -0.1) is 0 Å². The molecule has 1 aromatic carbocycles. The second-order valence-corrected chi connectivity index (χ2v) is 6.20. The third kappa shape index (κ3) is 4.51. The molecule has 0 unspecified atom stereocenters. The molecule has 85 valence electrons. The minimum atomic E-state index is -4.88. The van der Waals surface area contributed by atoms with Crippen molar-refractivity contribution in [3.8, 4) is 5.75 Å². The number of aliphatic hydroxyl groups excluding tert-OH is 1. The summed E-state index contributed by atoms with van der Waals surface area (Å²) in [4.78, 5) is 0. The van der Waals surface area contributed by atoms with Gasteiger partial charge >= 0.3 is 88.9 Å². The predicted octanol–water partition coefficient (Wildman–Crippen LogP) is -2.18. The Morgan fingerprint density at radius 2 is 2.00 bits per heavy atom. The van der Waals surface area contributed by atoms with Crippen molar-refractivity contribution in [3.05, 3.63) is 18.2 Å². The first kappa shape index (κ1) is 16.1. The molecule has 6 nitrogen and oxygen atoms in total. The number of nitrogens with two attached hydrogens (primary N) is 1. The molecule has 0 aliphatic carbocycles. The van der Waals surface area contributed by atoms with Gasteiger partial charge in [0.2, 0.25) is 0 Å². The van der Waals surface area contributed by atoms with Crippen LogP contribution in [0.4, 0.5) is 5.69 Å². The maximum absolute atomic E-state index is 10.9. The normalized spacial score (nSPS) is 10.7. The summed E-state index contributed by atoms with van der Waals surface area (Å²) < 4.78 is 33.7. The smallest absolute Gasteiger partial charge is 0 e. The van der Waals surface area contributed by atoms with E-state index < -0.39 is 14.2 Å². The molecule has 1 rings (SSSR count). The summed E-state index contributed by atoms with van der Waals surface area (Å²) in [7, 11) is 0. The fourth-order valence-electron chi connectivity index (χ4n) is 1.00. The number of hydrogen-bond donors (Lipinski definition) is 4. The van der Waals surface area contributed by atoms with Crippen LogP contribution in [0.3, 0.4) is 0 Å². The summed E-state index contributed by atoms with van der Waals surface area (Å²) in [5, 5.41) is 8.51. The van der Waals surface area contributed by atoms with Crippen LogP contribution in [-0.4, -0.2) is 70.2 Å². The van der Waals surface area contributed by atoms with E-state index in [0.717, 1.165) is 0 Å². The molecule has 0 amide bonds. The van der Waals surface area contributed by atoms with Crippen molar-refractivity contribution < 1.29 is 21.8 Å². The Bertz CT molecular complexity index is 394. The Labute approximate surface area is 118 Å². The van der Waals surface area contributed by atoms with Gasteiger partial charge in [-0.05, 0) is 0 Å². The van der Waals surface area contributed by atoms with Crippen molar-refractivity contribution in [2.75, 3.05) is 18.9 Å². The van der Waals surface area contributed by atoms with Crippen LogP contribution in [0.2, 0.25) is 0 Å². The van der Waals surface area contributed by atoms with Crippen LogP contribution in [0.25, 0.3) is 0 Å². The van der Waals surface area contributed by atoms with Gasteiger partial charge in [-0.2, -0.15) is 0 Å². The van der Waals surface area contributed by atoms with Crippen molar-refractivity contribution in [2.45, 2.75) is 0 Å². The monoisotopic (exact) mass is 300 g/mol. The third-order valence-electron chi connectivity index (χ3n) is 1.68. The maximum Gasteiger partial charge on any atom is 0 e. The van der Waals surface area contributed by atoms with Gasteiger partial charge in [0.25, 0.3) is 0 Å². The molecule has 5 N–H and O–H groups in total. The fourth-order valence-corrected chi connectivity index (χ4v) is 2.21. The van der Waals surface area contributed by atoms with Gasteiger partial charge in [-0.1, -0.05) is 0 Å². The molecule has 0 saturated carbocycles. The van der Waals surface area contributed by atoms with E-state index in [-0.39, 0.29) is 52.8 Å². The zero-order valence-electron chi connectivity index (χ0n) is 8.83. The van der Waals surface area contributed by atoms with Gasteiger partial charge in [-0.25, -0.2) is 0 Å². The first-order valence-electron chi connectivity index (χ1n) is 4.14. The third-order valence-corrected chi connectivity index (χ3v) is 3.67. The SMILES string of the molecule is Nc1cc([As](=O)(O)O)ccc1OCCO.[Na]. The van der Waals surface area contributed by atoms with Crippen LogP contribution < -0.4 is 14.8 Å². The second-order valence-electron chi connectivity index (χ2n) is 2.84. The number of aliphatic hydroxyl groups is 1. The van der Waals surface area contributed by atoms with E-state index in [2.05, 4.69) is 0 Å². The fraction of sp³-hybridized carbons (Fsp3) is 0.250. The van der Waals surface area contributed by atoms with Crippen LogP contribution in [-0.2, 0) is 3.74 Å². The van der Waals surface area contributed by atoms with Crippen LogP contribution in [0.5, 0.6) is 5.75 Å². The van der Waals surface area contributed by atoms with E-state index >= 15 is 0 Å². The van der Waals surface area contributed by atoms with Gasteiger partial charge in [0, 0.05) is 29.6 Å². The van der Waals surface area contributed by atoms with E-state index in [1.165, 1.54) is 18.2 Å². The van der Waals surface area contributed by atoms with Gasteiger partial charge in [-0.3, -0.25) is 0 Å². The molecule has 0 heterocycles. The van der Waals surface area contributed by atoms with E-state index in [1.54, 1.807) is 0 Å². The Kier molecular flexibility index (Phi) is 6.74. The molecule has 0 atom stereocenters. The standard InChI is InChI=1S/C8H12AsNO5.Na/c10-7-5-6(9(12,13)14)1-2-8(7)15-4-3-11;/h1-2,5,11H,3-4,10H2,(H2,12,13,14);. The Balaban J connectivity index is 0.00000225. The average molecular weight is 300 g/mol. The molecule has 8 heteroatoms. The summed E-state index contributed by atoms with van der Waals surface area (Å²) in [6.45, 7) is -0.0615. The van der Waals surface area contributed by atoms with Crippen LogP contribution in [0.1, 0.15) is 0 Å². The van der Waals surface area contributed by atoms with Gasteiger partial charge in [0.05, 0.1) is 0 Å². The topological polar surface area (TPSA) is 113 Å². The van der Waals surface area contributed by atoms with Crippen molar-refractivity contribution in [2.24, 2.45) is 0 Å². The largest absolute Gasteiger partial charge is 0 e. The molecule has 0 aliphatic heterocycles. The van der Waals surface area contributed by atoms with E-state index in [1.807, 2.05) is 0 Å². The summed E-state index contributed by atoms with van der Waals surface area (Å²) >= 11 is -4.88. The number of rotatable bonds is 4.